The molecule has 9 heteroatoms. The van der Waals surface area contributed by atoms with Crippen molar-refractivity contribution in [3.8, 4) is 0 Å². The summed E-state index contributed by atoms with van der Waals surface area (Å²) in [6, 6.07) is 0. The molecular formula is C16H24N2O7. The first-order valence-electron chi connectivity index (χ1n) is 7.88. The van der Waals surface area contributed by atoms with Gasteiger partial charge >= 0.3 is 11.9 Å². The van der Waals surface area contributed by atoms with Crippen molar-refractivity contribution in [2.45, 2.75) is 44.4 Å². The molecule has 0 spiro atoms. The van der Waals surface area contributed by atoms with Crippen LogP contribution in [-0.2, 0) is 23.9 Å². The van der Waals surface area contributed by atoms with E-state index in [0.29, 0.717) is 18.4 Å². The second-order valence-corrected chi connectivity index (χ2v) is 5.42. The molecule has 140 valence electrons. The molecule has 0 aromatic carbocycles. The van der Waals surface area contributed by atoms with E-state index in [0.717, 1.165) is 13.5 Å². The Morgan fingerprint density at radius 2 is 2.04 bits per heavy atom. The number of rotatable bonds is 7. The van der Waals surface area contributed by atoms with Crippen LogP contribution in [0.4, 0.5) is 0 Å². The van der Waals surface area contributed by atoms with Crippen molar-refractivity contribution < 1.29 is 34.1 Å². The number of amides is 1. The minimum Gasteiger partial charge on any atom is -0.481 e. The van der Waals surface area contributed by atoms with Crippen molar-refractivity contribution in [3.63, 3.8) is 0 Å². The molecule has 2 aliphatic rings. The van der Waals surface area contributed by atoms with Crippen LogP contribution in [0.5, 0.6) is 0 Å². The summed E-state index contributed by atoms with van der Waals surface area (Å²) in [7, 11) is 1.00. The molecular weight excluding hydrogens is 332 g/mol. The maximum absolute atomic E-state index is 11.4. The van der Waals surface area contributed by atoms with Gasteiger partial charge in [-0.05, 0) is 19.3 Å². The van der Waals surface area contributed by atoms with Gasteiger partial charge in [0.15, 0.2) is 0 Å². The summed E-state index contributed by atoms with van der Waals surface area (Å²) in [5.41, 5.74) is 5.79. The van der Waals surface area contributed by atoms with Crippen LogP contribution >= 0.6 is 0 Å². The quantitative estimate of drug-likeness (QED) is 0.546. The number of nitrogens with two attached hydrogens (primary N) is 1. The zero-order chi connectivity index (χ0) is 18.8. The van der Waals surface area contributed by atoms with Crippen molar-refractivity contribution in [2.75, 3.05) is 13.7 Å². The summed E-state index contributed by atoms with van der Waals surface area (Å²) in [4.78, 5) is 34.8. The predicted octanol–water partition coefficient (Wildman–Crippen LogP) is 0.0966. The topological polar surface area (TPSA) is 139 Å². The van der Waals surface area contributed by atoms with Crippen LogP contribution in [0.15, 0.2) is 24.0 Å². The van der Waals surface area contributed by atoms with Crippen LogP contribution in [0.3, 0.4) is 0 Å². The van der Waals surface area contributed by atoms with Gasteiger partial charge in [-0.1, -0.05) is 6.08 Å². The van der Waals surface area contributed by atoms with Gasteiger partial charge in [0.2, 0.25) is 5.91 Å². The summed E-state index contributed by atoms with van der Waals surface area (Å²) in [6.07, 6.45) is 6.42. The molecule has 9 nitrogen and oxygen atoms in total. The van der Waals surface area contributed by atoms with Crippen LogP contribution in [0.2, 0.25) is 0 Å². The number of carboxylic acids is 1. The number of aliphatic hydroxyl groups excluding tert-OH is 1. The third-order valence-electron chi connectivity index (χ3n) is 3.63. The number of nitrogens with zero attached hydrogens (tertiary/aromatic N) is 1. The predicted molar refractivity (Wildman–Crippen MR) is 86.7 cm³/mol. The van der Waals surface area contributed by atoms with Crippen molar-refractivity contribution >= 4 is 17.8 Å². The van der Waals surface area contributed by atoms with Gasteiger partial charge in [-0.15, -0.1) is 0 Å². The summed E-state index contributed by atoms with van der Waals surface area (Å²) in [5, 5.41) is 15.5. The fourth-order valence-electron chi connectivity index (χ4n) is 2.42. The number of ether oxygens (including phenoxy) is 2. The SMILES string of the molecule is CO.NC(=O)C1=CN(C2CCC(COC(=O)CCC(=O)O)O2)C=CC1. The monoisotopic (exact) mass is 356 g/mol. The molecule has 0 aromatic heterocycles. The second-order valence-electron chi connectivity index (χ2n) is 5.42. The highest BCUT2D eigenvalue weighted by molar-refractivity contribution is 5.92. The maximum atomic E-state index is 11.4. The number of esters is 1. The normalized spacial score (nSPS) is 21.8. The maximum Gasteiger partial charge on any atom is 0.306 e. The van der Waals surface area contributed by atoms with Crippen molar-refractivity contribution in [1.82, 2.24) is 4.90 Å². The van der Waals surface area contributed by atoms with E-state index < -0.39 is 17.8 Å². The Bertz CT molecular complexity index is 545. The van der Waals surface area contributed by atoms with E-state index in [-0.39, 0.29) is 31.8 Å². The third kappa shape index (κ3) is 6.94. The smallest absolute Gasteiger partial charge is 0.306 e. The zero-order valence-corrected chi connectivity index (χ0v) is 14.1. The Hall–Kier alpha value is -2.39. The molecule has 2 heterocycles. The van der Waals surface area contributed by atoms with Crippen LogP contribution in [0, 0.1) is 0 Å². The molecule has 0 radical (unpaired) electrons. The van der Waals surface area contributed by atoms with Gasteiger partial charge in [0.05, 0.1) is 18.9 Å². The second kappa shape index (κ2) is 10.5. The van der Waals surface area contributed by atoms with Crippen LogP contribution < -0.4 is 5.73 Å². The standard InChI is InChI=1S/C15H20N2O6.CH4O/c16-15(21)10-2-1-7-17(8-10)12-4-3-11(23-12)9-22-14(20)6-5-13(18)19;1-2/h1,7-8,11-12H,2-6,9H2,(H2,16,21)(H,18,19);2H,1H3. The number of carboxylic acid groups (broad SMARTS) is 1. The minimum atomic E-state index is -1.03. The van der Waals surface area contributed by atoms with E-state index in [2.05, 4.69) is 0 Å². The summed E-state index contributed by atoms with van der Waals surface area (Å²) in [6.45, 7) is 0.0961. The van der Waals surface area contributed by atoms with Crippen LogP contribution in [-0.4, -0.2) is 59.0 Å². The van der Waals surface area contributed by atoms with E-state index in [1.54, 1.807) is 11.1 Å². The first kappa shape index (κ1) is 20.7. The largest absolute Gasteiger partial charge is 0.481 e. The number of aliphatic hydroxyl groups is 1. The molecule has 1 amide bonds. The summed E-state index contributed by atoms with van der Waals surface area (Å²) < 4.78 is 10.8. The molecule has 2 unspecified atom stereocenters. The van der Waals surface area contributed by atoms with Gasteiger partial charge in [0.25, 0.3) is 0 Å². The lowest BCUT2D eigenvalue weighted by molar-refractivity contribution is -0.151. The van der Waals surface area contributed by atoms with E-state index in [1.165, 1.54) is 0 Å². The molecule has 25 heavy (non-hydrogen) atoms. The molecule has 1 fully saturated rings. The average Bonchev–Trinajstić information content (AvgIpc) is 3.09. The molecule has 0 saturated carbocycles. The molecule has 0 aliphatic carbocycles. The lowest BCUT2D eigenvalue weighted by atomic mass is 10.1. The Morgan fingerprint density at radius 1 is 1.32 bits per heavy atom. The van der Waals surface area contributed by atoms with Gasteiger partial charge < -0.3 is 30.3 Å². The first-order chi connectivity index (χ1) is 12.0. The van der Waals surface area contributed by atoms with Gasteiger partial charge in [0.1, 0.15) is 12.8 Å². The number of primary amides is 1. The number of hydrogen-bond acceptors (Lipinski definition) is 7. The molecule has 0 bridgehead atoms. The minimum absolute atomic E-state index is 0.0961. The number of aliphatic carboxylic acids is 1. The van der Waals surface area contributed by atoms with Gasteiger partial charge in [-0.3, -0.25) is 14.4 Å². The van der Waals surface area contributed by atoms with Crippen LogP contribution in [0.1, 0.15) is 32.1 Å². The lowest BCUT2D eigenvalue weighted by Crippen LogP contribution is -2.30. The molecule has 1 saturated heterocycles. The number of hydrogen-bond donors (Lipinski definition) is 3. The van der Waals surface area contributed by atoms with Crippen LogP contribution in [0.25, 0.3) is 0 Å². The zero-order valence-electron chi connectivity index (χ0n) is 14.1. The Kier molecular flexibility index (Phi) is 8.65. The Labute approximate surface area is 145 Å². The highest BCUT2D eigenvalue weighted by Crippen LogP contribution is 2.26. The van der Waals surface area contributed by atoms with Crippen molar-refractivity contribution in [1.29, 1.82) is 0 Å². The van der Waals surface area contributed by atoms with E-state index >= 15 is 0 Å². The first-order valence-corrected chi connectivity index (χ1v) is 7.88. The Balaban J connectivity index is 0.00000151. The highest BCUT2D eigenvalue weighted by Gasteiger charge is 2.30. The highest BCUT2D eigenvalue weighted by atomic mass is 16.6. The van der Waals surface area contributed by atoms with E-state index in [4.69, 9.17) is 25.4 Å². The van der Waals surface area contributed by atoms with Crippen molar-refractivity contribution in [2.24, 2.45) is 5.73 Å². The fraction of sp³-hybridized carbons (Fsp3) is 0.562. The third-order valence-corrected chi connectivity index (χ3v) is 3.63. The Morgan fingerprint density at radius 3 is 2.68 bits per heavy atom. The number of allylic oxidation sites excluding steroid dienone is 1. The van der Waals surface area contributed by atoms with Gasteiger partial charge in [-0.25, -0.2) is 0 Å². The summed E-state index contributed by atoms with van der Waals surface area (Å²) in [5.74, 6) is -2.04. The fourth-order valence-corrected chi connectivity index (χ4v) is 2.42. The number of carbonyl (C=O) groups excluding carboxylic acids is 2. The molecule has 2 atom stereocenters. The molecule has 2 aliphatic heterocycles. The van der Waals surface area contributed by atoms with Gasteiger partial charge in [-0.2, -0.15) is 0 Å². The molecule has 4 N–H and O–H groups in total. The lowest BCUT2D eigenvalue weighted by Gasteiger charge is -2.27. The van der Waals surface area contributed by atoms with Gasteiger partial charge in [0, 0.05) is 25.1 Å². The average molecular weight is 356 g/mol. The summed E-state index contributed by atoms with van der Waals surface area (Å²) >= 11 is 0. The molecule has 0 aromatic rings. The van der Waals surface area contributed by atoms with E-state index in [9.17, 15) is 14.4 Å². The molecule has 2 rings (SSSR count). The van der Waals surface area contributed by atoms with Crippen molar-refractivity contribution in [3.05, 3.63) is 24.0 Å². The van der Waals surface area contributed by atoms with E-state index in [1.807, 2.05) is 12.3 Å². The number of carbonyl (C=O) groups is 3.